The molecule has 0 radical (unpaired) electrons. The first-order valence-electron chi connectivity index (χ1n) is 8.51. The lowest BCUT2D eigenvalue weighted by Gasteiger charge is -2.32. The molecule has 1 fully saturated rings. The molecule has 1 N–H and O–H groups in total. The number of nitrogens with zero attached hydrogens (tertiary/aromatic N) is 2. The average molecular weight is 326 g/mol. The minimum Gasteiger partial charge on any atom is -0.494 e. The second-order valence-electron chi connectivity index (χ2n) is 6.04. The minimum absolute atomic E-state index is 0.0863. The highest BCUT2D eigenvalue weighted by atomic mass is 16.5. The number of piperazine rings is 1. The molecule has 5 nitrogen and oxygen atoms in total. The Morgan fingerprint density at radius 2 is 1.96 bits per heavy atom. The van der Waals surface area contributed by atoms with Gasteiger partial charge in [-0.1, -0.05) is 0 Å². The first kappa shape index (κ1) is 16.5. The Morgan fingerprint density at radius 3 is 2.58 bits per heavy atom. The van der Waals surface area contributed by atoms with Crippen molar-refractivity contribution < 1.29 is 14.4 Å². The van der Waals surface area contributed by atoms with Gasteiger partial charge in [-0.2, -0.15) is 0 Å². The summed E-state index contributed by atoms with van der Waals surface area (Å²) in [5, 5.41) is 0. The lowest BCUT2D eigenvalue weighted by molar-refractivity contribution is -0.917. The normalized spacial score (nSPS) is 15.3. The summed E-state index contributed by atoms with van der Waals surface area (Å²) in [6.07, 6.45) is 3.33. The Labute approximate surface area is 142 Å². The molecule has 1 aromatic heterocycles. The monoisotopic (exact) mass is 326 g/mol. The fraction of sp³-hybridized carbons (Fsp3) is 0.368. The summed E-state index contributed by atoms with van der Waals surface area (Å²) in [6.45, 7) is 7.20. The molecule has 1 amide bonds. The highest BCUT2D eigenvalue weighted by Gasteiger charge is 2.24. The second kappa shape index (κ2) is 7.93. The number of amides is 1. The van der Waals surface area contributed by atoms with Gasteiger partial charge in [0.1, 0.15) is 12.3 Å². The van der Waals surface area contributed by atoms with Crippen molar-refractivity contribution in [2.45, 2.75) is 13.5 Å². The maximum Gasteiger partial charge on any atom is 0.255 e. The van der Waals surface area contributed by atoms with Gasteiger partial charge in [0.25, 0.3) is 5.91 Å². The van der Waals surface area contributed by atoms with Crippen LogP contribution in [0.3, 0.4) is 0 Å². The van der Waals surface area contributed by atoms with Crippen molar-refractivity contribution in [3.8, 4) is 5.75 Å². The second-order valence-corrected chi connectivity index (χ2v) is 6.04. The molecule has 0 spiro atoms. The van der Waals surface area contributed by atoms with Gasteiger partial charge < -0.3 is 14.5 Å². The number of ether oxygens (including phenoxy) is 1. The van der Waals surface area contributed by atoms with Crippen LogP contribution in [0.2, 0.25) is 0 Å². The Hall–Kier alpha value is -2.40. The van der Waals surface area contributed by atoms with E-state index in [0.717, 1.165) is 38.5 Å². The molecule has 0 saturated carbocycles. The largest absolute Gasteiger partial charge is 0.494 e. The van der Waals surface area contributed by atoms with Gasteiger partial charge in [-0.05, 0) is 43.3 Å². The van der Waals surface area contributed by atoms with Crippen LogP contribution in [0.5, 0.6) is 5.75 Å². The number of hydrogen-bond acceptors (Lipinski definition) is 3. The zero-order valence-electron chi connectivity index (χ0n) is 14.1. The zero-order valence-corrected chi connectivity index (χ0v) is 14.1. The summed E-state index contributed by atoms with van der Waals surface area (Å²) in [7, 11) is 0. The molecule has 126 valence electrons. The van der Waals surface area contributed by atoms with E-state index in [4.69, 9.17) is 4.74 Å². The van der Waals surface area contributed by atoms with Crippen LogP contribution in [0.15, 0.2) is 48.8 Å². The standard InChI is InChI=1S/C19H23N3O2/c1-2-24-18-7-5-16(6-8-18)15-21-10-12-22(13-11-21)19(23)17-4-3-9-20-14-17/h3-9,14H,2,10-13,15H2,1H3/p+1. The molecule has 2 aromatic rings. The average Bonchev–Trinajstić information content (AvgIpc) is 2.64. The highest BCUT2D eigenvalue weighted by Crippen LogP contribution is 2.11. The summed E-state index contributed by atoms with van der Waals surface area (Å²) in [6, 6.07) is 12.0. The van der Waals surface area contributed by atoms with Crippen molar-refractivity contribution >= 4 is 5.91 Å². The van der Waals surface area contributed by atoms with Crippen LogP contribution in [0.4, 0.5) is 0 Å². The molecule has 5 heteroatoms. The predicted molar refractivity (Wildman–Crippen MR) is 92.2 cm³/mol. The lowest BCUT2D eigenvalue weighted by atomic mass is 10.1. The summed E-state index contributed by atoms with van der Waals surface area (Å²) in [4.78, 5) is 19.9. The minimum atomic E-state index is 0.0863. The third kappa shape index (κ3) is 4.11. The molecular weight excluding hydrogens is 302 g/mol. The van der Waals surface area contributed by atoms with E-state index in [2.05, 4.69) is 17.1 Å². The van der Waals surface area contributed by atoms with E-state index < -0.39 is 0 Å². The molecule has 0 aliphatic carbocycles. The van der Waals surface area contributed by atoms with E-state index in [1.807, 2.05) is 30.0 Å². The summed E-state index contributed by atoms with van der Waals surface area (Å²) >= 11 is 0. The van der Waals surface area contributed by atoms with E-state index >= 15 is 0 Å². The smallest absolute Gasteiger partial charge is 0.255 e. The molecule has 3 rings (SSSR count). The van der Waals surface area contributed by atoms with Crippen LogP contribution in [0.1, 0.15) is 22.8 Å². The molecule has 0 atom stereocenters. The van der Waals surface area contributed by atoms with Gasteiger partial charge in [-0.15, -0.1) is 0 Å². The van der Waals surface area contributed by atoms with Crippen molar-refractivity contribution in [3.05, 3.63) is 59.9 Å². The van der Waals surface area contributed by atoms with Crippen LogP contribution in [-0.2, 0) is 6.54 Å². The maximum absolute atomic E-state index is 12.4. The zero-order chi connectivity index (χ0) is 16.8. The van der Waals surface area contributed by atoms with Crippen LogP contribution in [0, 0.1) is 0 Å². The van der Waals surface area contributed by atoms with Crippen molar-refractivity contribution in [2.24, 2.45) is 0 Å². The predicted octanol–water partition coefficient (Wildman–Crippen LogP) is 1.02. The van der Waals surface area contributed by atoms with Gasteiger partial charge in [0, 0.05) is 18.0 Å². The van der Waals surface area contributed by atoms with Gasteiger partial charge in [-0.25, -0.2) is 0 Å². The molecule has 2 heterocycles. The fourth-order valence-electron chi connectivity index (χ4n) is 3.03. The van der Waals surface area contributed by atoms with Gasteiger partial charge in [0.15, 0.2) is 0 Å². The molecule has 1 aliphatic rings. The summed E-state index contributed by atoms with van der Waals surface area (Å²) < 4.78 is 5.48. The third-order valence-corrected chi connectivity index (χ3v) is 4.35. The van der Waals surface area contributed by atoms with E-state index in [0.29, 0.717) is 12.2 Å². The summed E-state index contributed by atoms with van der Waals surface area (Å²) in [5.74, 6) is 1.01. The molecule has 1 aliphatic heterocycles. The Bertz CT molecular complexity index is 650. The number of aromatic nitrogens is 1. The number of pyridine rings is 1. The molecular formula is C19H24N3O2+. The van der Waals surface area contributed by atoms with E-state index in [-0.39, 0.29) is 5.91 Å². The van der Waals surface area contributed by atoms with Crippen LogP contribution in [0.25, 0.3) is 0 Å². The quantitative estimate of drug-likeness (QED) is 0.892. The van der Waals surface area contributed by atoms with Crippen LogP contribution >= 0.6 is 0 Å². The topological polar surface area (TPSA) is 46.9 Å². The first-order valence-corrected chi connectivity index (χ1v) is 8.51. The number of carbonyl (C=O) groups is 1. The number of benzene rings is 1. The number of hydrogen-bond donors (Lipinski definition) is 1. The van der Waals surface area contributed by atoms with Gasteiger partial charge in [-0.3, -0.25) is 9.78 Å². The van der Waals surface area contributed by atoms with Gasteiger partial charge in [0.2, 0.25) is 0 Å². The van der Waals surface area contributed by atoms with Crippen LogP contribution in [-0.4, -0.2) is 48.6 Å². The van der Waals surface area contributed by atoms with Crippen molar-refractivity contribution in [1.82, 2.24) is 9.88 Å². The molecule has 24 heavy (non-hydrogen) atoms. The van der Waals surface area contributed by atoms with Crippen molar-refractivity contribution in [1.29, 1.82) is 0 Å². The number of quaternary nitrogens is 1. The maximum atomic E-state index is 12.4. The van der Waals surface area contributed by atoms with Crippen molar-refractivity contribution in [2.75, 3.05) is 32.8 Å². The number of carbonyl (C=O) groups excluding carboxylic acids is 1. The molecule has 1 saturated heterocycles. The first-order chi connectivity index (χ1) is 11.8. The number of nitrogens with one attached hydrogen (secondary N) is 1. The highest BCUT2D eigenvalue weighted by molar-refractivity contribution is 5.93. The van der Waals surface area contributed by atoms with Gasteiger partial charge >= 0.3 is 0 Å². The molecule has 0 unspecified atom stereocenters. The van der Waals surface area contributed by atoms with Gasteiger partial charge in [0.05, 0.1) is 38.3 Å². The Balaban J connectivity index is 1.51. The van der Waals surface area contributed by atoms with Crippen LogP contribution < -0.4 is 9.64 Å². The SMILES string of the molecule is CCOc1ccc(C[NH+]2CCN(C(=O)c3cccnc3)CC2)cc1. The summed E-state index contributed by atoms with van der Waals surface area (Å²) in [5.41, 5.74) is 1.98. The Morgan fingerprint density at radius 1 is 1.21 bits per heavy atom. The third-order valence-electron chi connectivity index (χ3n) is 4.35. The Kier molecular flexibility index (Phi) is 5.43. The number of rotatable bonds is 5. The lowest BCUT2D eigenvalue weighted by Crippen LogP contribution is -3.13. The molecule has 1 aromatic carbocycles. The van der Waals surface area contributed by atoms with E-state index in [1.165, 1.54) is 10.5 Å². The fourth-order valence-corrected chi connectivity index (χ4v) is 3.03. The molecule has 0 bridgehead atoms. The van der Waals surface area contributed by atoms with E-state index in [9.17, 15) is 4.79 Å². The van der Waals surface area contributed by atoms with E-state index in [1.54, 1.807) is 18.5 Å². The van der Waals surface area contributed by atoms with Crippen molar-refractivity contribution in [3.63, 3.8) is 0 Å².